The Bertz CT molecular complexity index is 369. The van der Waals surface area contributed by atoms with Crippen molar-refractivity contribution in [2.24, 2.45) is 5.92 Å². The molecule has 0 spiro atoms. The van der Waals surface area contributed by atoms with Gasteiger partial charge in [0.25, 0.3) is 0 Å². The molecule has 0 amide bonds. The predicted molar refractivity (Wildman–Crippen MR) is 69.4 cm³/mol. The number of halogens is 1. The summed E-state index contributed by atoms with van der Waals surface area (Å²) < 4.78 is 0.826. The molecule has 1 aromatic rings. The molecule has 2 N–H and O–H groups in total. The van der Waals surface area contributed by atoms with Crippen LogP contribution in [0.15, 0.2) is 10.8 Å². The minimum absolute atomic E-state index is 0.517. The smallest absolute Gasteiger partial charge is 0.148 e. The van der Waals surface area contributed by atoms with E-state index < -0.39 is 0 Å². The molecule has 1 saturated heterocycles. The second-order valence-electron chi connectivity index (χ2n) is 4.26. The molecule has 1 aliphatic rings. The van der Waals surface area contributed by atoms with Crippen molar-refractivity contribution in [1.82, 2.24) is 9.97 Å². The van der Waals surface area contributed by atoms with E-state index in [0.29, 0.717) is 5.82 Å². The van der Waals surface area contributed by atoms with E-state index in [0.717, 1.165) is 29.3 Å². The van der Waals surface area contributed by atoms with Crippen LogP contribution < -0.4 is 10.6 Å². The van der Waals surface area contributed by atoms with Crippen LogP contribution in [-0.2, 0) is 0 Å². The SMILES string of the molecule is CCC1CCCN(c2ncnc(N)c2Br)C1. The molecule has 88 valence electrons. The molecule has 1 atom stereocenters. The average Bonchev–Trinajstić information content (AvgIpc) is 2.33. The summed E-state index contributed by atoms with van der Waals surface area (Å²) in [6, 6.07) is 0. The van der Waals surface area contributed by atoms with Gasteiger partial charge in [-0.1, -0.05) is 13.3 Å². The molecule has 0 radical (unpaired) electrons. The Labute approximate surface area is 104 Å². The van der Waals surface area contributed by atoms with Crippen LogP contribution in [-0.4, -0.2) is 23.1 Å². The van der Waals surface area contributed by atoms with E-state index in [9.17, 15) is 0 Å². The highest BCUT2D eigenvalue weighted by molar-refractivity contribution is 9.10. The van der Waals surface area contributed by atoms with E-state index in [-0.39, 0.29) is 0 Å². The highest BCUT2D eigenvalue weighted by Crippen LogP contribution is 2.31. The monoisotopic (exact) mass is 284 g/mol. The Morgan fingerprint density at radius 3 is 3.12 bits per heavy atom. The van der Waals surface area contributed by atoms with E-state index in [4.69, 9.17) is 5.73 Å². The minimum atomic E-state index is 0.517. The molecule has 1 aliphatic heterocycles. The van der Waals surface area contributed by atoms with E-state index in [1.807, 2.05) is 0 Å². The van der Waals surface area contributed by atoms with Gasteiger partial charge in [-0.05, 0) is 34.7 Å². The van der Waals surface area contributed by atoms with E-state index in [1.54, 1.807) is 0 Å². The van der Waals surface area contributed by atoms with Crippen molar-refractivity contribution in [3.63, 3.8) is 0 Å². The minimum Gasteiger partial charge on any atom is -0.383 e. The molecule has 2 rings (SSSR count). The number of hydrogen-bond acceptors (Lipinski definition) is 4. The van der Waals surface area contributed by atoms with Gasteiger partial charge in [0, 0.05) is 13.1 Å². The summed E-state index contributed by atoms with van der Waals surface area (Å²) in [5, 5.41) is 0. The van der Waals surface area contributed by atoms with Crippen molar-refractivity contribution in [2.45, 2.75) is 26.2 Å². The van der Waals surface area contributed by atoms with Gasteiger partial charge in [0.1, 0.15) is 22.4 Å². The fraction of sp³-hybridized carbons (Fsp3) is 0.636. The molecular formula is C11H17BrN4. The summed E-state index contributed by atoms with van der Waals surface area (Å²) in [7, 11) is 0. The van der Waals surface area contributed by atoms with Gasteiger partial charge in [0.05, 0.1) is 0 Å². The van der Waals surface area contributed by atoms with Crippen LogP contribution >= 0.6 is 15.9 Å². The fourth-order valence-electron chi connectivity index (χ4n) is 2.18. The average molecular weight is 285 g/mol. The number of rotatable bonds is 2. The molecule has 1 fully saturated rings. The van der Waals surface area contributed by atoms with Gasteiger partial charge in [0.15, 0.2) is 0 Å². The number of piperidine rings is 1. The lowest BCUT2D eigenvalue weighted by Gasteiger charge is -2.33. The van der Waals surface area contributed by atoms with Gasteiger partial charge in [0.2, 0.25) is 0 Å². The number of nitrogens with two attached hydrogens (primary N) is 1. The highest BCUT2D eigenvalue weighted by Gasteiger charge is 2.21. The Kier molecular flexibility index (Phi) is 3.63. The zero-order chi connectivity index (χ0) is 11.5. The summed E-state index contributed by atoms with van der Waals surface area (Å²) in [5.41, 5.74) is 5.77. The third-order valence-electron chi connectivity index (χ3n) is 3.19. The zero-order valence-corrected chi connectivity index (χ0v) is 11.1. The van der Waals surface area contributed by atoms with Crippen LogP contribution in [0, 0.1) is 5.92 Å². The first kappa shape index (κ1) is 11.6. The molecular weight excluding hydrogens is 268 g/mol. The zero-order valence-electron chi connectivity index (χ0n) is 9.49. The van der Waals surface area contributed by atoms with E-state index >= 15 is 0 Å². The number of anilines is 2. The third kappa shape index (κ3) is 2.29. The topological polar surface area (TPSA) is 55.0 Å². The predicted octanol–water partition coefficient (Wildman–Crippen LogP) is 2.45. The fourth-order valence-corrected chi connectivity index (χ4v) is 2.64. The Morgan fingerprint density at radius 2 is 2.38 bits per heavy atom. The molecule has 0 saturated carbocycles. The van der Waals surface area contributed by atoms with Gasteiger partial charge in [-0.2, -0.15) is 0 Å². The lowest BCUT2D eigenvalue weighted by molar-refractivity contribution is 0.402. The van der Waals surface area contributed by atoms with Crippen LogP contribution in [0.1, 0.15) is 26.2 Å². The summed E-state index contributed by atoms with van der Waals surface area (Å²) in [6.45, 7) is 4.38. The molecule has 5 heteroatoms. The first-order valence-electron chi connectivity index (χ1n) is 5.73. The van der Waals surface area contributed by atoms with Crippen molar-refractivity contribution in [3.05, 3.63) is 10.8 Å². The second-order valence-corrected chi connectivity index (χ2v) is 5.05. The maximum atomic E-state index is 5.77. The second kappa shape index (κ2) is 4.99. The standard InChI is InChI=1S/C11H17BrN4/c1-2-8-4-3-5-16(6-8)11-9(12)10(13)14-7-15-11/h7-8H,2-6H2,1H3,(H2,13,14,15). The Morgan fingerprint density at radius 1 is 1.56 bits per heavy atom. The lowest BCUT2D eigenvalue weighted by Crippen LogP contribution is -2.36. The molecule has 2 heterocycles. The van der Waals surface area contributed by atoms with E-state index in [2.05, 4.69) is 37.7 Å². The summed E-state index contributed by atoms with van der Waals surface area (Å²) >= 11 is 3.47. The van der Waals surface area contributed by atoms with Crippen molar-refractivity contribution < 1.29 is 0 Å². The van der Waals surface area contributed by atoms with Gasteiger partial charge < -0.3 is 10.6 Å². The molecule has 0 aliphatic carbocycles. The molecule has 4 nitrogen and oxygen atoms in total. The number of nitrogen functional groups attached to an aromatic ring is 1. The van der Waals surface area contributed by atoms with Gasteiger partial charge in [-0.15, -0.1) is 0 Å². The van der Waals surface area contributed by atoms with E-state index in [1.165, 1.54) is 25.6 Å². The number of hydrogen-bond donors (Lipinski definition) is 1. The molecule has 0 bridgehead atoms. The molecule has 16 heavy (non-hydrogen) atoms. The first-order valence-corrected chi connectivity index (χ1v) is 6.52. The van der Waals surface area contributed by atoms with Crippen molar-refractivity contribution >= 4 is 27.6 Å². The highest BCUT2D eigenvalue weighted by atomic mass is 79.9. The molecule has 1 aromatic heterocycles. The molecule has 0 aromatic carbocycles. The molecule has 1 unspecified atom stereocenters. The maximum Gasteiger partial charge on any atom is 0.148 e. The largest absolute Gasteiger partial charge is 0.383 e. The first-order chi connectivity index (χ1) is 7.72. The number of nitrogens with zero attached hydrogens (tertiary/aromatic N) is 3. The van der Waals surface area contributed by atoms with Gasteiger partial charge in [-0.25, -0.2) is 9.97 Å². The van der Waals surface area contributed by atoms with Crippen LogP contribution in [0.4, 0.5) is 11.6 Å². The van der Waals surface area contributed by atoms with Gasteiger partial charge in [-0.3, -0.25) is 0 Å². The lowest BCUT2D eigenvalue weighted by atomic mass is 9.96. The summed E-state index contributed by atoms with van der Waals surface area (Å²) in [4.78, 5) is 10.6. The maximum absolute atomic E-state index is 5.77. The third-order valence-corrected chi connectivity index (χ3v) is 3.95. The quantitative estimate of drug-likeness (QED) is 0.906. The van der Waals surface area contributed by atoms with Crippen molar-refractivity contribution in [1.29, 1.82) is 0 Å². The van der Waals surface area contributed by atoms with Crippen LogP contribution in [0.5, 0.6) is 0 Å². The van der Waals surface area contributed by atoms with Gasteiger partial charge >= 0.3 is 0 Å². The van der Waals surface area contributed by atoms with Crippen LogP contribution in [0.25, 0.3) is 0 Å². The summed E-state index contributed by atoms with van der Waals surface area (Å²) in [5.74, 6) is 2.23. The number of aromatic nitrogens is 2. The Hall–Kier alpha value is -0.840. The van der Waals surface area contributed by atoms with Crippen LogP contribution in [0.3, 0.4) is 0 Å². The van der Waals surface area contributed by atoms with Crippen molar-refractivity contribution in [2.75, 3.05) is 23.7 Å². The normalized spacial score (nSPS) is 21.1. The van der Waals surface area contributed by atoms with Crippen molar-refractivity contribution in [3.8, 4) is 0 Å². The Balaban J connectivity index is 2.20. The summed E-state index contributed by atoms with van der Waals surface area (Å²) in [6.07, 6.45) is 5.32. The van der Waals surface area contributed by atoms with Crippen LogP contribution in [0.2, 0.25) is 0 Å².